The van der Waals surface area contributed by atoms with Crippen molar-refractivity contribution in [2.75, 3.05) is 11.5 Å². The van der Waals surface area contributed by atoms with Gasteiger partial charge in [-0.05, 0) is 24.3 Å². The Labute approximate surface area is 147 Å². The molecule has 1 radical (unpaired) electrons. The van der Waals surface area contributed by atoms with Crippen LogP contribution >= 0.6 is 0 Å². The molecule has 26 heavy (non-hydrogen) atoms. The van der Waals surface area contributed by atoms with E-state index >= 15 is 0 Å². The summed E-state index contributed by atoms with van der Waals surface area (Å²) in [5, 5.41) is 5.06. The third-order valence-electron chi connectivity index (χ3n) is 3.91. The van der Waals surface area contributed by atoms with Crippen LogP contribution in [0.25, 0.3) is 22.4 Å². The zero-order chi connectivity index (χ0) is 18.3. The number of nitrogens with zero attached hydrogens (tertiary/aromatic N) is 4. The summed E-state index contributed by atoms with van der Waals surface area (Å²) in [6, 6.07) is 13.1. The number of hydrogen-bond donors (Lipinski definition) is 2. The predicted octanol–water partition coefficient (Wildman–Crippen LogP) is 2.78. The van der Waals surface area contributed by atoms with Gasteiger partial charge in [0, 0.05) is 10.9 Å². The number of anilines is 2. The van der Waals surface area contributed by atoms with Gasteiger partial charge in [-0.2, -0.15) is 5.10 Å². The average molecular weight is 351 g/mol. The molecular formula is C18H13F2N6. The fraction of sp³-hybridized carbons (Fsp3) is 0.0556. The van der Waals surface area contributed by atoms with Gasteiger partial charge < -0.3 is 11.5 Å². The lowest BCUT2D eigenvalue weighted by Crippen LogP contribution is -2.05. The second-order valence-electron chi connectivity index (χ2n) is 5.70. The summed E-state index contributed by atoms with van der Waals surface area (Å²) in [7, 11) is 0. The topological polar surface area (TPSA) is 95.6 Å². The van der Waals surface area contributed by atoms with E-state index in [1.165, 1.54) is 22.9 Å². The van der Waals surface area contributed by atoms with Gasteiger partial charge in [0.1, 0.15) is 29.0 Å². The molecule has 0 bridgehead atoms. The van der Waals surface area contributed by atoms with Crippen molar-refractivity contribution in [3.8, 4) is 11.5 Å². The number of hydrogen-bond acceptors (Lipinski definition) is 5. The first kappa shape index (κ1) is 15.9. The number of nitrogen functional groups attached to an aromatic ring is 2. The molecule has 0 aliphatic rings. The van der Waals surface area contributed by atoms with Gasteiger partial charge in [-0.3, -0.25) is 4.68 Å². The monoisotopic (exact) mass is 351 g/mol. The second kappa shape index (κ2) is 6.07. The lowest BCUT2D eigenvalue weighted by Gasteiger charge is -2.05. The molecule has 0 spiro atoms. The quantitative estimate of drug-likeness (QED) is 0.592. The van der Waals surface area contributed by atoms with Crippen molar-refractivity contribution >= 4 is 22.5 Å². The van der Waals surface area contributed by atoms with E-state index in [0.29, 0.717) is 22.2 Å². The molecule has 0 fully saturated rings. The maximum absolute atomic E-state index is 14.0. The molecule has 2 aromatic carbocycles. The lowest BCUT2D eigenvalue weighted by molar-refractivity contribution is 0.589. The number of benzene rings is 2. The Bertz CT molecular complexity index is 1100. The van der Waals surface area contributed by atoms with Crippen LogP contribution in [0.3, 0.4) is 0 Å². The van der Waals surface area contributed by atoms with Gasteiger partial charge in [0.15, 0.2) is 5.82 Å². The van der Waals surface area contributed by atoms with Gasteiger partial charge in [0.25, 0.3) is 0 Å². The molecule has 0 saturated heterocycles. The average Bonchev–Trinajstić information content (AvgIpc) is 2.94. The zero-order valence-electron chi connectivity index (χ0n) is 13.4. The first-order valence-electron chi connectivity index (χ1n) is 7.73. The van der Waals surface area contributed by atoms with E-state index in [2.05, 4.69) is 21.1 Å². The highest BCUT2D eigenvalue weighted by Crippen LogP contribution is 2.28. The second-order valence-corrected chi connectivity index (χ2v) is 5.70. The molecule has 0 unspecified atom stereocenters. The largest absolute Gasteiger partial charge is 0.383 e. The molecule has 4 aromatic rings. The van der Waals surface area contributed by atoms with E-state index in [4.69, 9.17) is 11.5 Å². The maximum atomic E-state index is 14.0. The van der Waals surface area contributed by atoms with Crippen LogP contribution in [0.5, 0.6) is 0 Å². The first-order chi connectivity index (χ1) is 12.5. The minimum Gasteiger partial charge on any atom is -0.383 e. The summed E-state index contributed by atoms with van der Waals surface area (Å²) in [6.07, 6.45) is 0. The normalized spacial score (nSPS) is 11.2. The SMILES string of the molecule is Nc1[c]c(N)nc(-c2nn(Cc3ccccc3F)c3cc(F)ccc23)n1. The third kappa shape index (κ3) is 2.81. The predicted molar refractivity (Wildman–Crippen MR) is 93.9 cm³/mol. The fourth-order valence-corrected chi connectivity index (χ4v) is 2.77. The van der Waals surface area contributed by atoms with E-state index < -0.39 is 5.82 Å². The highest BCUT2D eigenvalue weighted by atomic mass is 19.1. The van der Waals surface area contributed by atoms with Crippen molar-refractivity contribution in [3.05, 3.63) is 65.7 Å². The van der Waals surface area contributed by atoms with Gasteiger partial charge in [-0.1, -0.05) is 18.2 Å². The van der Waals surface area contributed by atoms with Gasteiger partial charge in [0.05, 0.1) is 18.1 Å². The van der Waals surface area contributed by atoms with E-state index in [1.807, 2.05) is 0 Å². The summed E-state index contributed by atoms with van der Waals surface area (Å²) in [4.78, 5) is 8.20. The highest BCUT2D eigenvalue weighted by Gasteiger charge is 2.17. The number of rotatable bonds is 3. The molecule has 0 aliphatic heterocycles. The molecule has 6 nitrogen and oxygen atoms in total. The summed E-state index contributed by atoms with van der Waals surface area (Å²) in [5.41, 5.74) is 12.7. The van der Waals surface area contributed by atoms with Crippen LogP contribution in [0.4, 0.5) is 20.4 Å². The van der Waals surface area contributed by atoms with E-state index in [1.54, 1.807) is 24.3 Å². The Morgan fingerprint density at radius 3 is 2.46 bits per heavy atom. The number of fused-ring (bicyclic) bond motifs is 1. The fourth-order valence-electron chi connectivity index (χ4n) is 2.77. The number of aromatic nitrogens is 4. The van der Waals surface area contributed by atoms with E-state index in [0.717, 1.165) is 0 Å². The summed E-state index contributed by atoms with van der Waals surface area (Å²) in [6.45, 7) is 0.122. The minimum absolute atomic E-state index is 0.0754. The van der Waals surface area contributed by atoms with Crippen molar-refractivity contribution in [3.63, 3.8) is 0 Å². The Hall–Kier alpha value is -3.55. The van der Waals surface area contributed by atoms with Crippen molar-refractivity contribution in [1.29, 1.82) is 0 Å². The zero-order valence-corrected chi connectivity index (χ0v) is 13.4. The molecule has 2 heterocycles. The van der Waals surface area contributed by atoms with Gasteiger partial charge >= 0.3 is 0 Å². The Morgan fingerprint density at radius 1 is 1.00 bits per heavy atom. The smallest absolute Gasteiger partial charge is 0.184 e. The van der Waals surface area contributed by atoms with Crippen LogP contribution in [0.2, 0.25) is 0 Å². The summed E-state index contributed by atoms with van der Waals surface area (Å²) in [5.74, 6) is -0.450. The van der Waals surface area contributed by atoms with Crippen LogP contribution in [0.15, 0.2) is 42.5 Å². The van der Waals surface area contributed by atoms with Gasteiger partial charge in [-0.15, -0.1) is 0 Å². The van der Waals surface area contributed by atoms with Crippen molar-refractivity contribution in [2.24, 2.45) is 0 Å². The number of nitrogens with two attached hydrogens (primary N) is 2. The standard InChI is InChI=1S/C18H13F2N6/c19-11-5-6-12-14(7-11)26(9-10-3-1-2-4-13(10)20)25-17(12)18-23-15(21)8-16(22)24-18/h1-7H,9H2,(H4,21,22,23,24). The van der Waals surface area contributed by atoms with Gasteiger partial charge in [0.2, 0.25) is 0 Å². The van der Waals surface area contributed by atoms with Crippen LogP contribution < -0.4 is 11.5 Å². The van der Waals surface area contributed by atoms with Crippen molar-refractivity contribution in [2.45, 2.75) is 6.54 Å². The van der Waals surface area contributed by atoms with Crippen LogP contribution in [-0.4, -0.2) is 19.7 Å². The molecule has 4 rings (SSSR count). The lowest BCUT2D eigenvalue weighted by atomic mass is 10.2. The van der Waals surface area contributed by atoms with Gasteiger partial charge in [-0.25, -0.2) is 18.7 Å². The van der Waals surface area contributed by atoms with Crippen molar-refractivity contribution in [1.82, 2.24) is 19.7 Å². The molecule has 2 aromatic heterocycles. The van der Waals surface area contributed by atoms with E-state index in [9.17, 15) is 8.78 Å². The molecule has 4 N–H and O–H groups in total. The molecular weight excluding hydrogens is 338 g/mol. The molecule has 0 amide bonds. The molecule has 0 aliphatic carbocycles. The summed E-state index contributed by atoms with van der Waals surface area (Å²) >= 11 is 0. The van der Waals surface area contributed by atoms with Crippen molar-refractivity contribution < 1.29 is 8.78 Å². The summed E-state index contributed by atoms with van der Waals surface area (Å²) < 4.78 is 29.3. The minimum atomic E-state index is -0.430. The maximum Gasteiger partial charge on any atom is 0.184 e. The Kier molecular flexibility index (Phi) is 3.72. The van der Waals surface area contributed by atoms with E-state index in [-0.39, 0.29) is 29.8 Å². The molecule has 8 heteroatoms. The molecule has 0 saturated carbocycles. The van der Waals surface area contributed by atoms with Crippen LogP contribution in [-0.2, 0) is 6.54 Å². The highest BCUT2D eigenvalue weighted by molar-refractivity contribution is 5.92. The Balaban J connectivity index is 1.91. The Morgan fingerprint density at radius 2 is 1.73 bits per heavy atom. The first-order valence-corrected chi connectivity index (χ1v) is 7.73. The number of halogens is 2. The van der Waals surface area contributed by atoms with Crippen LogP contribution in [0, 0.1) is 17.7 Å². The third-order valence-corrected chi connectivity index (χ3v) is 3.91. The molecule has 0 atom stereocenters. The van der Waals surface area contributed by atoms with Crippen LogP contribution in [0.1, 0.15) is 5.56 Å². The molecule has 129 valence electrons.